The predicted octanol–water partition coefficient (Wildman–Crippen LogP) is 12.6. The van der Waals surface area contributed by atoms with Crippen molar-refractivity contribution in [3.8, 4) is 44.5 Å². The minimum absolute atomic E-state index is 1.10. The number of fused-ring (bicyclic) bond motifs is 6. The molecule has 0 bridgehead atoms. The summed E-state index contributed by atoms with van der Waals surface area (Å²) >= 11 is 4.04. The molecule has 0 saturated carbocycles. The normalized spacial score (nSPS) is 11.4. The molecule has 0 atom stereocenters. The summed E-state index contributed by atoms with van der Waals surface area (Å²) in [6.45, 7) is 0. The lowest BCUT2D eigenvalue weighted by molar-refractivity contribution is 1.57. The van der Waals surface area contributed by atoms with Crippen molar-refractivity contribution < 1.29 is 0 Å². The number of hydrogen-bond donors (Lipinski definition) is 0. The molecular formula is C42H27Br. The largest absolute Gasteiger partial charge is 0.0622 e. The van der Waals surface area contributed by atoms with Gasteiger partial charge in [-0.15, -0.1) is 0 Å². The molecule has 202 valence electrons. The van der Waals surface area contributed by atoms with Crippen LogP contribution >= 0.6 is 15.9 Å². The number of rotatable bonds is 4. The summed E-state index contributed by atoms with van der Waals surface area (Å²) in [7, 11) is 0. The Morgan fingerprint density at radius 2 is 0.605 bits per heavy atom. The molecule has 8 aromatic carbocycles. The molecule has 0 saturated heterocycles. The lowest BCUT2D eigenvalue weighted by Gasteiger charge is -2.26. The van der Waals surface area contributed by atoms with Gasteiger partial charge in [-0.05, 0) is 72.1 Å². The first-order valence-corrected chi connectivity index (χ1v) is 15.4. The Balaban J connectivity index is 1.80. The van der Waals surface area contributed by atoms with Crippen molar-refractivity contribution in [3.63, 3.8) is 0 Å². The van der Waals surface area contributed by atoms with Gasteiger partial charge in [0, 0.05) is 15.2 Å². The lowest BCUT2D eigenvalue weighted by Crippen LogP contribution is -1.99. The van der Waals surface area contributed by atoms with Gasteiger partial charge in [-0.1, -0.05) is 174 Å². The average Bonchev–Trinajstić information content (AvgIpc) is 3.09. The molecule has 8 aromatic rings. The topological polar surface area (TPSA) is 0 Å². The molecular weight excluding hydrogens is 584 g/mol. The van der Waals surface area contributed by atoms with E-state index in [1.807, 2.05) is 0 Å². The smallest absolute Gasteiger partial charge is 0.0260 e. The van der Waals surface area contributed by atoms with Crippen LogP contribution < -0.4 is 0 Å². The predicted molar refractivity (Wildman–Crippen MR) is 188 cm³/mol. The monoisotopic (exact) mass is 610 g/mol. The highest BCUT2D eigenvalue weighted by molar-refractivity contribution is 9.10. The Bertz CT molecular complexity index is 2250. The van der Waals surface area contributed by atoms with Gasteiger partial charge >= 0.3 is 0 Å². The molecule has 0 nitrogen and oxygen atoms in total. The Morgan fingerprint density at radius 1 is 0.256 bits per heavy atom. The first-order chi connectivity index (χ1) is 21.3. The number of halogens is 1. The summed E-state index contributed by atoms with van der Waals surface area (Å²) in [6, 6.07) is 59.2. The summed E-state index contributed by atoms with van der Waals surface area (Å²) in [6.07, 6.45) is 0. The highest BCUT2D eigenvalue weighted by Gasteiger charge is 2.27. The first-order valence-electron chi connectivity index (χ1n) is 14.7. The van der Waals surface area contributed by atoms with E-state index in [9.17, 15) is 0 Å². The Labute approximate surface area is 260 Å². The summed E-state index contributed by atoms with van der Waals surface area (Å²) in [5.41, 5.74) is 9.83. The van der Waals surface area contributed by atoms with Gasteiger partial charge in [0.05, 0.1) is 0 Å². The Hall–Kier alpha value is -4.98. The first kappa shape index (κ1) is 25.7. The van der Waals surface area contributed by atoms with Crippen LogP contribution in [0.4, 0.5) is 0 Å². The lowest BCUT2D eigenvalue weighted by atomic mass is 9.76. The van der Waals surface area contributed by atoms with Crippen LogP contribution in [-0.4, -0.2) is 0 Å². The van der Waals surface area contributed by atoms with Crippen molar-refractivity contribution in [1.29, 1.82) is 0 Å². The van der Waals surface area contributed by atoms with Gasteiger partial charge in [-0.25, -0.2) is 0 Å². The van der Waals surface area contributed by atoms with Gasteiger partial charge in [-0.3, -0.25) is 0 Å². The van der Waals surface area contributed by atoms with Crippen LogP contribution in [0.3, 0.4) is 0 Å². The molecule has 43 heavy (non-hydrogen) atoms. The van der Waals surface area contributed by atoms with Gasteiger partial charge in [0.25, 0.3) is 0 Å². The van der Waals surface area contributed by atoms with E-state index in [1.165, 1.54) is 76.8 Å². The maximum Gasteiger partial charge on any atom is 0.0260 e. The Morgan fingerprint density at radius 3 is 1.09 bits per heavy atom. The minimum Gasteiger partial charge on any atom is -0.0622 e. The van der Waals surface area contributed by atoms with E-state index < -0.39 is 0 Å². The maximum absolute atomic E-state index is 4.04. The molecule has 0 aliphatic carbocycles. The van der Waals surface area contributed by atoms with Gasteiger partial charge in [0.1, 0.15) is 0 Å². The van der Waals surface area contributed by atoms with Crippen molar-refractivity contribution in [3.05, 3.63) is 168 Å². The van der Waals surface area contributed by atoms with Crippen LogP contribution in [0.1, 0.15) is 0 Å². The van der Waals surface area contributed by atoms with Crippen molar-refractivity contribution in [1.82, 2.24) is 0 Å². The molecule has 0 heterocycles. The van der Waals surface area contributed by atoms with E-state index in [-0.39, 0.29) is 0 Å². The van der Waals surface area contributed by atoms with E-state index in [1.54, 1.807) is 0 Å². The minimum atomic E-state index is 1.10. The standard InChI is InChI=1S/C42H27Br/c43-35-27-15-26-33-32-24-13-14-25-34(32)41-38(30-20-9-3-10-21-30)36(28-16-5-1-6-17-28)37(29-18-7-2-8-19-29)39(42(41)40(33)35)31-22-11-4-12-23-31/h1-27H. The molecule has 0 unspecified atom stereocenters. The third-order valence-electron chi connectivity index (χ3n) is 8.50. The van der Waals surface area contributed by atoms with E-state index >= 15 is 0 Å². The van der Waals surface area contributed by atoms with E-state index in [0.29, 0.717) is 0 Å². The third kappa shape index (κ3) is 4.20. The fourth-order valence-electron chi connectivity index (χ4n) is 6.78. The van der Waals surface area contributed by atoms with E-state index in [0.717, 1.165) is 4.47 Å². The van der Waals surface area contributed by atoms with E-state index in [2.05, 4.69) is 180 Å². The van der Waals surface area contributed by atoms with Crippen LogP contribution in [0.25, 0.3) is 76.8 Å². The summed E-state index contributed by atoms with van der Waals surface area (Å²) in [5, 5.41) is 7.55. The second kappa shape index (κ2) is 10.7. The molecule has 0 aromatic heterocycles. The van der Waals surface area contributed by atoms with Crippen molar-refractivity contribution in [2.24, 2.45) is 0 Å². The fourth-order valence-corrected chi connectivity index (χ4v) is 7.35. The molecule has 8 rings (SSSR count). The highest BCUT2D eigenvalue weighted by Crippen LogP contribution is 2.55. The third-order valence-corrected chi connectivity index (χ3v) is 9.16. The summed E-state index contributed by atoms with van der Waals surface area (Å²) < 4.78 is 1.10. The maximum atomic E-state index is 4.04. The zero-order chi connectivity index (χ0) is 28.8. The molecule has 0 aliphatic rings. The molecule has 0 spiro atoms. The molecule has 0 N–H and O–H groups in total. The van der Waals surface area contributed by atoms with Crippen molar-refractivity contribution >= 4 is 48.2 Å². The van der Waals surface area contributed by atoms with Gasteiger partial charge in [0.2, 0.25) is 0 Å². The van der Waals surface area contributed by atoms with Crippen molar-refractivity contribution in [2.45, 2.75) is 0 Å². The molecule has 0 amide bonds. The van der Waals surface area contributed by atoms with E-state index in [4.69, 9.17) is 0 Å². The number of hydrogen-bond acceptors (Lipinski definition) is 0. The SMILES string of the molecule is Brc1cccc2c3ccccc3c3c(-c4ccccc4)c(-c4ccccc4)c(-c4ccccc4)c(-c4ccccc4)c3c12. The Kier molecular flexibility index (Phi) is 6.39. The molecule has 0 fully saturated rings. The second-order valence-corrected chi connectivity index (χ2v) is 11.8. The van der Waals surface area contributed by atoms with Crippen LogP contribution in [0.5, 0.6) is 0 Å². The number of benzene rings is 8. The summed E-state index contributed by atoms with van der Waals surface area (Å²) in [5.74, 6) is 0. The highest BCUT2D eigenvalue weighted by atomic mass is 79.9. The van der Waals surface area contributed by atoms with Crippen LogP contribution in [0.2, 0.25) is 0 Å². The zero-order valence-corrected chi connectivity index (χ0v) is 25.1. The van der Waals surface area contributed by atoms with Crippen LogP contribution in [0.15, 0.2) is 168 Å². The molecule has 1 heteroatoms. The van der Waals surface area contributed by atoms with Gasteiger partial charge < -0.3 is 0 Å². The van der Waals surface area contributed by atoms with Gasteiger partial charge in [0.15, 0.2) is 0 Å². The molecule has 0 radical (unpaired) electrons. The van der Waals surface area contributed by atoms with Gasteiger partial charge in [-0.2, -0.15) is 0 Å². The second-order valence-electron chi connectivity index (χ2n) is 10.9. The quantitative estimate of drug-likeness (QED) is 0.174. The zero-order valence-electron chi connectivity index (χ0n) is 23.5. The van der Waals surface area contributed by atoms with Crippen molar-refractivity contribution in [2.75, 3.05) is 0 Å². The average molecular weight is 612 g/mol. The summed E-state index contributed by atoms with van der Waals surface area (Å²) in [4.78, 5) is 0. The van der Waals surface area contributed by atoms with Crippen LogP contribution in [0, 0.1) is 0 Å². The molecule has 0 aliphatic heterocycles. The fraction of sp³-hybridized carbons (Fsp3) is 0. The van der Waals surface area contributed by atoms with Crippen LogP contribution in [-0.2, 0) is 0 Å².